The molecule has 0 spiro atoms. The zero-order chi connectivity index (χ0) is 12.0. The smallest absolute Gasteiger partial charge is 0.123 e. The van der Waals surface area contributed by atoms with E-state index in [0.717, 1.165) is 24.3 Å². The molecule has 0 saturated carbocycles. The van der Waals surface area contributed by atoms with Gasteiger partial charge in [0.15, 0.2) is 0 Å². The van der Waals surface area contributed by atoms with E-state index in [-0.39, 0.29) is 5.82 Å². The molecular formula is C12H10F3N. The molecule has 0 aliphatic heterocycles. The molecule has 2 aromatic rings. The Morgan fingerprint density at radius 2 is 0.812 bits per heavy atom. The van der Waals surface area contributed by atoms with Gasteiger partial charge < -0.3 is 5.73 Å². The van der Waals surface area contributed by atoms with Crippen LogP contribution in [-0.2, 0) is 0 Å². The Bertz CT molecular complexity index is 338. The molecule has 0 bridgehead atoms. The molecule has 4 heteroatoms. The molecule has 0 radical (unpaired) electrons. The molecule has 2 N–H and O–H groups in total. The third-order valence-electron chi connectivity index (χ3n) is 1.67. The molecule has 1 nitrogen and oxygen atoms in total. The van der Waals surface area contributed by atoms with Crippen molar-refractivity contribution in [1.29, 1.82) is 0 Å². The fourth-order valence-electron chi connectivity index (χ4n) is 0.892. The molecule has 0 amide bonds. The van der Waals surface area contributed by atoms with Gasteiger partial charge in [-0.1, -0.05) is 0 Å². The first-order valence-electron chi connectivity index (χ1n) is 4.50. The van der Waals surface area contributed by atoms with Gasteiger partial charge >= 0.3 is 0 Å². The largest absolute Gasteiger partial charge is 0.399 e. The predicted octanol–water partition coefficient (Wildman–Crippen LogP) is 3.37. The minimum atomic E-state index is -0.411. The third-order valence-corrected chi connectivity index (χ3v) is 1.67. The molecule has 0 aromatic heterocycles. The number of hydrogen-bond donors (Lipinski definition) is 1. The van der Waals surface area contributed by atoms with Crippen LogP contribution in [0.1, 0.15) is 0 Å². The second kappa shape index (κ2) is 5.80. The summed E-state index contributed by atoms with van der Waals surface area (Å²) in [7, 11) is 0. The van der Waals surface area contributed by atoms with Crippen LogP contribution in [0.3, 0.4) is 0 Å². The standard InChI is InChI=1S/C6H4F2.C6H6FN/c7-5-1-2-6(8)4-3-5;7-5-1-3-6(8)4-2-5/h1-4H;1-4H,8H2. The van der Waals surface area contributed by atoms with Gasteiger partial charge in [0.2, 0.25) is 0 Å². The Labute approximate surface area is 91.3 Å². The number of halogens is 3. The Kier molecular flexibility index (Phi) is 4.39. The molecule has 2 aromatic carbocycles. The van der Waals surface area contributed by atoms with E-state index >= 15 is 0 Å². The second-order valence-corrected chi connectivity index (χ2v) is 2.99. The lowest BCUT2D eigenvalue weighted by molar-refractivity contribution is 0.600. The highest BCUT2D eigenvalue weighted by Gasteiger charge is 1.86. The first-order chi connectivity index (χ1) is 7.58. The number of nitrogens with two attached hydrogens (primary N) is 1. The third kappa shape index (κ3) is 4.50. The summed E-state index contributed by atoms with van der Waals surface area (Å²) in [4.78, 5) is 0. The van der Waals surface area contributed by atoms with Gasteiger partial charge in [-0.25, -0.2) is 13.2 Å². The van der Waals surface area contributed by atoms with E-state index in [2.05, 4.69) is 0 Å². The van der Waals surface area contributed by atoms with Crippen molar-refractivity contribution in [2.45, 2.75) is 0 Å². The summed E-state index contributed by atoms with van der Waals surface area (Å²) in [5.41, 5.74) is 5.85. The van der Waals surface area contributed by atoms with Crippen LogP contribution in [-0.4, -0.2) is 0 Å². The average Bonchev–Trinajstić information content (AvgIpc) is 2.28. The molecule has 0 saturated heterocycles. The van der Waals surface area contributed by atoms with E-state index in [0.29, 0.717) is 5.69 Å². The SMILES string of the molecule is Fc1ccc(F)cc1.Nc1ccc(F)cc1. The summed E-state index contributed by atoms with van der Waals surface area (Å²) in [5.74, 6) is -1.07. The van der Waals surface area contributed by atoms with Crippen LogP contribution in [0.25, 0.3) is 0 Å². The summed E-state index contributed by atoms with van der Waals surface area (Å²) in [5, 5.41) is 0. The average molecular weight is 225 g/mol. The lowest BCUT2D eigenvalue weighted by Gasteiger charge is -1.87. The van der Waals surface area contributed by atoms with Gasteiger partial charge in [0, 0.05) is 5.69 Å². The summed E-state index contributed by atoms with van der Waals surface area (Å²) in [6.45, 7) is 0. The normalized spacial score (nSPS) is 9.19. The van der Waals surface area contributed by atoms with Gasteiger partial charge in [-0.05, 0) is 48.5 Å². The fourth-order valence-corrected chi connectivity index (χ4v) is 0.892. The maximum atomic E-state index is 12.0. The van der Waals surface area contributed by atoms with Crippen LogP contribution in [0.2, 0.25) is 0 Å². The second-order valence-electron chi connectivity index (χ2n) is 2.99. The zero-order valence-electron chi connectivity index (χ0n) is 8.33. The Balaban J connectivity index is 0.000000160. The first-order valence-corrected chi connectivity index (χ1v) is 4.50. The monoisotopic (exact) mass is 225 g/mol. The van der Waals surface area contributed by atoms with Crippen LogP contribution < -0.4 is 5.73 Å². The highest BCUT2D eigenvalue weighted by Crippen LogP contribution is 2.01. The van der Waals surface area contributed by atoms with E-state index < -0.39 is 11.6 Å². The molecule has 0 fully saturated rings. The minimum Gasteiger partial charge on any atom is -0.399 e. The Hall–Kier alpha value is -1.97. The summed E-state index contributed by atoms with van der Waals surface area (Å²) in [6.07, 6.45) is 0. The summed E-state index contributed by atoms with van der Waals surface area (Å²) < 4.78 is 35.9. The zero-order valence-corrected chi connectivity index (χ0v) is 8.33. The van der Waals surface area contributed by atoms with Crippen molar-refractivity contribution < 1.29 is 13.2 Å². The quantitative estimate of drug-likeness (QED) is 0.683. The van der Waals surface area contributed by atoms with E-state index in [4.69, 9.17) is 5.73 Å². The highest BCUT2D eigenvalue weighted by atomic mass is 19.1. The summed E-state index contributed by atoms with van der Waals surface area (Å²) in [6, 6.07) is 10.0. The molecule has 0 atom stereocenters. The van der Waals surface area contributed by atoms with Crippen LogP contribution in [0.15, 0.2) is 48.5 Å². The van der Waals surface area contributed by atoms with E-state index in [1.54, 1.807) is 0 Å². The number of nitrogen functional groups attached to an aromatic ring is 1. The van der Waals surface area contributed by atoms with Gasteiger partial charge in [0.25, 0.3) is 0 Å². The molecule has 0 heterocycles. The van der Waals surface area contributed by atoms with Crippen molar-refractivity contribution >= 4 is 5.69 Å². The van der Waals surface area contributed by atoms with E-state index in [1.165, 1.54) is 24.3 Å². The molecule has 0 unspecified atom stereocenters. The van der Waals surface area contributed by atoms with Crippen LogP contribution >= 0.6 is 0 Å². The van der Waals surface area contributed by atoms with Gasteiger partial charge in [-0.15, -0.1) is 0 Å². The number of benzene rings is 2. The van der Waals surface area contributed by atoms with Crippen LogP contribution in [0.4, 0.5) is 18.9 Å². The van der Waals surface area contributed by atoms with E-state index in [1.807, 2.05) is 0 Å². The number of anilines is 1. The van der Waals surface area contributed by atoms with Crippen LogP contribution in [0, 0.1) is 17.5 Å². The maximum Gasteiger partial charge on any atom is 0.123 e. The molecular weight excluding hydrogens is 215 g/mol. The lowest BCUT2D eigenvalue weighted by Crippen LogP contribution is -1.82. The van der Waals surface area contributed by atoms with Crippen molar-refractivity contribution in [3.63, 3.8) is 0 Å². The first kappa shape index (κ1) is 12.1. The topological polar surface area (TPSA) is 26.0 Å². The Morgan fingerprint density at radius 1 is 0.562 bits per heavy atom. The molecule has 0 aliphatic carbocycles. The summed E-state index contributed by atoms with van der Waals surface area (Å²) >= 11 is 0. The van der Waals surface area contributed by atoms with Gasteiger partial charge in [0.05, 0.1) is 0 Å². The molecule has 2 rings (SSSR count). The number of rotatable bonds is 0. The molecule has 16 heavy (non-hydrogen) atoms. The van der Waals surface area contributed by atoms with Gasteiger partial charge in [-0.2, -0.15) is 0 Å². The van der Waals surface area contributed by atoms with Crippen molar-refractivity contribution in [1.82, 2.24) is 0 Å². The van der Waals surface area contributed by atoms with Crippen molar-refractivity contribution in [3.8, 4) is 0 Å². The van der Waals surface area contributed by atoms with Gasteiger partial charge in [0.1, 0.15) is 17.5 Å². The van der Waals surface area contributed by atoms with Gasteiger partial charge in [-0.3, -0.25) is 0 Å². The van der Waals surface area contributed by atoms with Crippen molar-refractivity contribution in [2.75, 3.05) is 5.73 Å². The molecule has 84 valence electrons. The predicted molar refractivity (Wildman–Crippen MR) is 57.2 cm³/mol. The van der Waals surface area contributed by atoms with E-state index in [9.17, 15) is 13.2 Å². The van der Waals surface area contributed by atoms with Crippen LogP contribution in [0.5, 0.6) is 0 Å². The highest BCUT2D eigenvalue weighted by molar-refractivity contribution is 5.36. The Morgan fingerprint density at radius 3 is 1.06 bits per heavy atom. The molecule has 0 aliphatic rings. The maximum absolute atomic E-state index is 12.0. The van der Waals surface area contributed by atoms with Crippen molar-refractivity contribution in [2.24, 2.45) is 0 Å². The fraction of sp³-hybridized carbons (Fsp3) is 0. The lowest BCUT2D eigenvalue weighted by atomic mass is 10.3. The number of hydrogen-bond acceptors (Lipinski definition) is 1. The minimum absolute atomic E-state index is 0.251. The van der Waals surface area contributed by atoms with Crippen molar-refractivity contribution in [3.05, 3.63) is 66.0 Å².